The molecule has 0 saturated carbocycles. The maximum absolute atomic E-state index is 2.46. The van der Waals surface area contributed by atoms with Crippen molar-refractivity contribution in [1.82, 2.24) is 0 Å². The van der Waals surface area contributed by atoms with Crippen LogP contribution in [-0.2, 0) is 0 Å². The van der Waals surface area contributed by atoms with E-state index in [0.717, 1.165) is 11.3 Å². The Kier molecular flexibility index (Phi) is 3.85. The summed E-state index contributed by atoms with van der Waals surface area (Å²) in [5.41, 5.74) is 2.15. The highest BCUT2D eigenvalue weighted by Crippen LogP contribution is 2.55. The molecule has 0 radical (unpaired) electrons. The summed E-state index contributed by atoms with van der Waals surface area (Å²) < 4.78 is 0. The van der Waals surface area contributed by atoms with E-state index in [4.69, 9.17) is 0 Å². The van der Waals surface area contributed by atoms with Gasteiger partial charge in [0.05, 0.1) is 0 Å². The molecule has 0 aliphatic carbocycles. The Hall–Kier alpha value is 0.430. The van der Waals surface area contributed by atoms with E-state index in [1.165, 1.54) is 25.7 Å². The zero-order chi connectivity index (χ0) is 8.27. The van der Waals surface area contributed by atoms with Crippen molar-refractivity contribution in [2.24, 2.45) is 0 Å². The third-order valence-electron chi connectivity index (χ3n) is 2.90. The van der Waals surface area contributed by atoms with E-state index in [1.807, 2.05) is 0 Å². The molecule has 1 heterocycles. The summed E-state index contributed by atoms with van der Waals surface area (Å²) in [6, 6.07) is 0. The van der Waals surface area contributed by atoms with Gasteiger partial charge in [0.25, 0.3) is 0 Å². The minimum absolute atomic E-state index is 0.427. The predicted molar refractivity (Wildman–Crippen MR) is 54.9 cm³/mol. The van der Waals surface area contributed by atoms with E-state index < -0.39 is 0 Å². The van der Waals surface area contributed by atoms with E-state index in [-0.39, 0.29) is 0 Å². The largest absolute Gasteiger partial charge is 0.101 e. The summed E-state index contributed by atoms with van der Waals surface area (Å²) >= 11 is 0. The first-order valence-corrected chi connectivity index (χ1v) is 6.68. The van der Waals surface area contributed by atoms with Gasteiger partial charge in [-0.3, -0.25) is 0 Å². The lowest BCUT2D eigenvalue weighted by atomic mass is 10.2. The normalized spacial score (nSPS) is 37.9. The van der Waals surface area contributed by atoms with Crippen LogP contribution in [0.2, 0.25) is 0 Å². The second kappa shape index (κ2) is 4.45. The van der Waals surface area contributed by atoms with E-state index in [2.05, 4.69) is 20.8 Å². The first kappa shape index (κ1) is 9.52. The highest BCUT2D eigenvalue weighted by Gasteiger charge is 2.28. The topological polar surface area (TPSA) is 0 Å². The van der Waals surface area contributed by atoms with Gasteiger partial charge in [-0.2, -0.15) is 0 Å². The first-order chi connectivity index (χ1) is 5.25. The first-order valence-electron chi connectivity index (χ1n) is 5.01. The van der Waals surface area contributed by atoms with Crippen LogP contribution in [0.1, 0.15) is 46.5 Å². The summed E-state index contributed by atoms with van der Waals surface area (Å²) in [4.78, 5) is 0. The van der Waals surface area contributed by atoms with Gasteiger partial charge in [-0.25, -0.2) is 0 Å². The van der Waals surface area contributed by atoms with Crippen LogP contribution in [-0.4, -0.2) is 17.5 Å². The van der Waals surface area contributed by atoms with Crippen molar-refractivity contribution in [3.05, 3.63) is 0 Å². The molecule has 66 valence electrons. The standard InChI is InChI=1S/C10H21P/c1-4-5-8-11-9(2)6-7-10(11)3/h9-10H,4-8H2,1-3H3. The zero-order valence-electron chi connectivity index (χ0n) is 8.14. The average Bonchev–Trinajstić information content (AvgIpc) is 2.29. The molecule has 2 unspecified atom stereocenters. The molecule has 0 bridgehead atoms. The molecule has 1 rings (SSSR count). The molecule has 1 saturated heterocycles. The Labute approximate surface area is 72.5 Å². The summed E-state index contributed by atoms with van der Waals surface area (Å²) in [5.74, 6) is 0. The van der Waals surface area contributed by atoms with Gasteiger partial charge in [0.2, 0.25) is 0 Å². The van der Waals surface area contributed by atoms with Gasteiger partial charge in [0.1, 0.15) is 0 Å². The molecule has 0 aromatic heterocycles. The molecule has 0 amide bonds. The van der Waals surface area contributed by atoms with Gasteiger partial charge in [0, 0.05) is 0 Å². The van der Waals surface area contributed by atoms with Crippen LogP contribution in [0.15, 0.2) is 0 Å². The lowest BCUT2D eigenvalue weighted by molar-refractivity contribution is 0.777. The molecule has 1 aliphatic rings. The third kappa shape index (κ3) is 2.44. The van der Waals surface area contributed by atoms with Gasteiger partial charge >= 0.3 is 0 Å². The Balaban J connectivity index is 2.29. The lowest BCUT2D eigenvalue weighted by Crippen LogP contribution is -2.00. The van der Waals surface area contributed by atoms with Gasteiger partial charge in [0.15, 0.2) is 0 Å². The maximum atomic E-state index is 2.46. The Morgan fingerprint density at radius 1 is 1.18 bits per heavy atom. The van der Waals surface area contributed by atoms with Gasteiger partial charge in [-0.05, 0) is 36.7 Å². The molecule has 11 heavy (non-hydrogen) atoms. The van der Waals surface area contributed by atoms with Crippen molar-refractivity contribution in [2.75, 3.05) is 6.16 Å². The summed E-state index contributed by atoms with van der Waals surface area (Å²) in [7, 11) is 0.427. The van der Waals surface area contributed by atoms with Crippen molar-refractivity contribution in [3.8, 4) is 0 Å². The fourth-order valence-corrected chi connectivity index (χ4v) is 5.42. The van der Waals surface area contributed by atoms with Crippen LogP contribution in [0.5, 0.6) is 0 Å². The smallest absolute Gasteiger partial charge is 0.0235 e. The van der Waals surface area contributed by atoms with Crippen molar-refractivity contribution in [1.29, 1.82) is 0 Å². The fraction of sp³-hybridized carbons (Fsp3) is 1.00. The summed E-state index contributed by atoms with van der Waals surface area (Å²) in [6.45, 7) is 7.23. The van der Waals surface area contributed by atoms with Crippen LogP contribution in [0.4, 0.5) is 0 Å². The van der Waals surface area contributed by atoms with E-state index in [9.17, 15) is 0 Å². The monoisotopic (exact) mass is 172 g/mol. The molecule has 1 aliphatic heterocycles. The number of rotatable bonds is 3. The molecule has 0 aromatic rings. The summed E-state index contributed by atoms with van der Waals surface area (Å²) in [5, 5.41) is 0. The van der Waals surface area contributed by atoms with Gasteiger partial charge in [-0.1, -0.05) is 27.2 Å². The third-order valence-corrected chi connectivity index (χ3v) is 6.52. The number of hydrogen-bond donors (Lipinski definition) is 0. The Morgan fingerprint density at radius 3 is 2.18 bits per heavy atom. The highest BCUT2D eigenvalue weighted by molar-refractivity contribution is 7.59. The van der Waals surface area contributed by atoms with Crippen molar-refractivity contribution in [2.45, 2.75) is 57.8 Å². The second-order valence-electron chi connectivity index (χ2n) is 3.87. The Morgan fingerprint density at radius 2 is 1.73 bits per heavy atom. The van der Waals surface area contributed by atoms with E-state index >= 15 is 0 Å². The number of unbranched alkanes of at least 4 members (excludes halogenated alkanes) is 1. The summed E-state index contributed by atoms with van der Waals surface area (Å²) in [6.07, 6.45) is 7.43. The molecule has 0 aromatic carbocycles. The molecule has 0 N–H and O–H groups in total. The van der Waals surface area contributed by atoms with Crippen LogP contribution >= 0.6 is 7.92 Å². The maximum Gasteiger partial charge on any atom is -0.0235 e. The second-order valence-corrected chi connectivity index (χ2v) is 7.11. The lowest BCUT2D eigenvalue weighted by Gasteiger charge is -2.20. The predicted octanol–water partition coefficient (Wildman–Crippen LogP) is 3.84. The molecular weight excluding hydrogens is 151 g/mol. The highest BCUT2D eigenvalue weighted by atomic mass is 31.1. The average molecular weight is 172 g/mol. The zero-order valence-corrected chi connectivity index (χ0v) is 9.03. The SMILES string of the molecule is CCCCP1C(C)CCC1C. The minimum Gasteiger partial charge on any atom is -0.101 e. The van der Waals surface area contributed by atoms with E-state index in [0.29, 0.717) is 7.92 Å². The van der Waals surface area contributed by atoms with Crippen LogP contribution in [0, 0.1) is 0 Å². The minimum atomic E-state index is 0.427. The fourth-order valence-electron chi connectivity index (χ4n) is 2.03. The van der Waals surface area contributed by atoms with Crippen molar-refractivity contribution in [3.63, 3.8) is 0 Å². The number of hydrogen-bond acceptors (Lipinski definition) is 0. The molecule has 1 heteroatoms. The van der Waals surface area contributed by atoms with Gasteiger partial charge in [-0.15, -0.1) is 7.92 Å². The van der Waals surface area contributed by atoms with Crippen LogP contribution < -0.4 is 0 Å². The van der Waals surface area contributed by atoms with Crippen LogP contribution in [0.25, 0.3) is 0 Å². The molecule has 0 nitrogen and oxygen atoms in total. The van der Waals surface area contributed by atoms with Crippen molar-refractivity contribution < 1.29 is 0 Å². The molecule has 1 fully saturated rings. The molecular formula is C10H21P. The Bertz CT molecular complexity index is 101. The van der Waals surface area contributed by atoms with E-state index in [1.54, 1.807) is 6.16 Å². The molecule has 2 atom stereocenters. The molecule has 0 spiro atoms. The van der Waals surface area contributed by atoms with Gasteiger partial charge < -0.3 is 0 Å². The van der Waals surface area contributed by atoms with Crippen molar-refractivity contribution >= 4 is 7.92 Å². The quantitative estimate of drug-likeness (QED) is 0.567. The van der Waals surface area contributed by atoms with Crippen LogP contribution in [0.3, 0.4) is 0 Å².